The van der Waals surface area contributed by atoms with E-state index in [0.29, 0.717) is 35.2 Å². The van der Waals surface area contributed by atoms with E-state index in [0.717, 1.165) is 53.3 Å². The lowest BCUT2D eigenvalue weighted by atomic mass is 9.65. The third kappa shape index (κ3) is 9.22. The Morgan fingerprint density at radius 1 is 0.509 bits per heavy atom. The van der Waals surface area contributed by atoms with Gasteiger partial charge in [0.05, 0.1) is 13.5 Å². The maximum atomic E-state index is 12.8. The summed E-state index contributed by atoms with van der Waals surface area (Å²) in [5.74, 6) is 2.86. The molecule has 1 aliphatic rings. The number of Topliss-reactive ketones (excluding diaryl/α,β-unsaturated/α-hetero) is 1. The van der Waals surface area contributed by atoms with Crippen molar-refractivity contribution < 1.29 is 38.1 Å². The predicted molar refractivity (Wildman–Crippen MR) is 211 cm³/mol. The van der Waals surface area contributed by atoms with Crippen molar-refractivity contribution in [3.8, 4) is 34.5 Å². The molecule has 6 aromatic rings. The Morgan fingerprint density at radius 3 is 1.53 bits per heavy atom. The number of esters is 1. The first-order valence-corrected chi connectivity index (χ1v) is 18.5. The van der Waals surface area contributed by atoms with Gasteiger partial charge in [0.15, 0.2) is 0 Å². The molecular formula is C47H42O8. The molecule has 8 heteroatoms. The number of ether oxygens (including phenoxy) is 5. The second kappa shape index (κ2) is 16.7. The van der Waals surface area contributed by atoms with E-state index in [-0.39, 0.29) is 17.6 Å². The van der Waals surface area contributed by atoms with E-state index in [1.54, 1.807) is 50.4 Å². The number of hydrogen-bond donors (Lipinski definition) is 0. The molecule has 7 rings (SSSR count). The van der Waals surface area contributed by atoms with Crippen LogP contribution in [0.1, 0.15) is 61.3 Å². The highest BCUT2D eigenvalue weighted by atomic mass is 16.7. The third-order valence-electron chi connectivity index (χ3n) is 10.1. The maximum Gasteiger partial charge on any atom is 0.519 e. The van der Waals surface area contributed by atoms with Crippen LogP contribution in [0, 0.1) is 0 Å². The molecule has 1 aliphatic carbocycles. The van der Waals surface area contributed by atoms with Gasteiger partial charge in [0.2, 0.25) is 0 Å². The molecule has 6 aromatic carbocycles. The molecule has 0 atom stereocenters. The Morgan fingerprint density at radius 2 is 0.982 bits per heavy atom. The molecule has 0 amide bonds. The van der Waals surface area contributed by atoms with Crippen LogP contribution in [0.2, 0.25) is 0 Å². The minimum Gasteiger partial charge on any atom is -0.497 e. The summed E-state index contributed by atoms with van der Waals surface area (Å²) in [5.41, 5.74) is 4.05. The average Bonchev–Trinajstić information content (AvgIpc) is 3.19. The lowest BCUT2D eigenvalue weighted by molar-refractivity contribution is -0.133. The van der Waals surface area contributed by atoms with Gasteiger partial charge < -0.3 is 23.7 Å². The highest BCUT2D eigenvalue weighted by Crippen LogP contribution is 2.45. The van der Waals surface area contributed by atoms with Gasteiger partial charge in [-0.05, 0) is 126 Å². The lowest BCUT2D eigenvalue weighted by Gasteiger charge is -2.38. The van der Waals surface area contributed by atoms with Gasteiger partial charge in [0.25, 0.3) is 0 Å². The van der Waals surface area contributed by atoms with Crippen molar-refractivity contribution in [3.05, 3.63) is 156 Å². The van der Waals surface area contributed by atoms with Crippen molar-refractivity contribution in [2.75, 3.05) is 7.11 Å². The first-order valence-electron chi connectivity index (χ1n) is 18.5. The Bertz CT molecular complexity index is 2270. The van der Waals surface area contributed by atoms with E-state index >= 15 is 0 Å². The lowest BCUT2D eigenvalue weighted by Crippen LogP contribution is -2.30. The van der Waals surface area contributed by atoms with Gasteiger partial charge >= 0.3 is 12.1 Å². The summed E-state index contributed by atoms with van der Waals surface area (Å²) in [6, 6.07) is 41.2. The number of methoxy groups -OCH3 is 1. The van der Waals surface area contributed by atoms with Gasteiger partial charge in [-0.25, -0.2) is 4.79 Å². The molecule has 278 valence electrons. The Labute approximate surface area is 320 Å². The fourth-order valence-electron chi connectivity index (χ4n) is 7.30. The van der Waals surface area contributed by atoms with Gasteiger partial charge in [-0.15, -0.1) is 0 Å². The number of benzene rings is 6. The Kier molecular flexibility index (Phi) is 11.2. The first-order chi connectivity index (χ1) is 26.7. The molecule has 0 N–H and O–H groups in total. The summed E-state index contributed by atoms with van der Waals surface area (Å²) < 4.78 is 28.1. The van der Waals surface area contributed by atoms with Gasteiger partial charge in [0.1, 0.15) is 40.3 Å². The van der Waals surface area contributed by atoms with Crippen molar-refractivity contribution in [1.82, 2.24) is 0 Å². The molecule has 0 bridgehead atoms. The average molecular weight is 735 g/mol. The van der Waals surface area contributed by atoms with Crippen molar-refractivity contribution in [3.63, 3.8) is 0 Å². The summed E-state index contributed by atoms with van der Waals surface area (Å²) >= 11 is 0. The molecule has 0 unspecified atom stereocenters. The van der Waals surface area contributed by atoms with Crippen molar-refractivity contribution in [2.24, 2.45) is 0 Å². The molecule has 0 heterocycles. The van der Waals surface area contributed by atoms with Crippen LogP contribution in [-0.2, 0) is 27.8 Å². The van der Waals surface area contributed by atoms with Gasteiger partial charge in [0, 0.05) is 11.8 Å². The van der Waals surface area contributed by atoms with Crippen LogP contribution in [0.5, 0.6) is 34.5 Å². The van der Waals surface area contributed by atoms with Crippen LogP contribution >= 0.6 is 0 Å². The highest BCUT2D eigenvalue weighted by molar-refractivity contribution is 5.87. The second-order valence-corrected chi connectivity index (χ2v) is 13.9. The van der Waals surface area contributed by atoms with E-state index < -0.39 is 12.1 Å². The minimum atomic E-state index is -0.851. The van der Waals surface area contributed by atoms with E-state index in [4.69, 9.17) is 23.7 Å². The van der Waals surface area contributed by atoms with Gasteiger partial charge in [-0.3, -0.25) is 9.59 Å². The zero-order valence-electron chi connectivity index (χ0n) is 30.9. The number of hydrogen-bond acceptors (Lipinski definition) is 8. The fourth-order valence-corrected chi connectivity index (χ4v) is 7.30. The van der Waals surface area contributed by atoms with Crippen LogP contribution < -0.4 is 23.7 Å². The third-order valence-corrected chi connectivity index (χ3v) is 10.1. The summed E-state index contributed by atoms with van der Waals surface area (Å²) in [6.45, 7) is 1.56. The molecule has 0 spiro atoms. The number of carbonyl (C=O) groups is 3. The van der Waals surface area contributed by atoms with Crippen LogP contribution in [0.25, 0.3) is 10.8 Å². The van der Waals surface area contributed by atoms with Crippen LogP contribution in [0.3, 0.4) is 0 Å². The smallest absolute Gasteiger partial charge is 0.497 e. The maximum absolute atomic E-state index is 12.8. The van der Waals surface area contributed by atoms with Crippen LogP contribution in [0.15, 0.2) is 133 Å². The number of ketones is 1. The SMILES string of the molecule is COc1ccc(C2(c3ccc(OC(=O)Oc4ccc5ccc(OC(=O)Cc6ccc(Oc7ccc(CC(C)=O)cc7)cc6)cc5c4)cc3)CCCCC2)cc1. The van der Waals surface area contributed by atoms with Crippen molar-refractivity contribution >= 4 is 28.7 Å². The molecule has 1 fully saturated rings. The van der Waals surface area contributed by atoms with Gasteiger partial charge in [-0.1, -0.05) is 79.9 Å². The zero-order chi connectivity index (χ0) is 38.2. The number of carbonyl (C=O) groups excluding carboxylic acids is 3. The number of rotatable bonds is 12. The van der Waals surface area contributed by atoms with E-state index in [2.05, 4.69) is 12.1 Å². The van der Waals surface area contributed by atoms with E-state index in [1.165, 1.54) is 17.5 Å². The second-order valence-electron chi connectivity index (χ2n) is 13.9. The molecule has 1 saturated carbocycles. The molecule has 0 aliphatic heterocycles. The standard InChI is InChI=1S/C47H42O8/c1-32(48)28-33-6-16-40(17-7-33)52-41-18-8-34(9-19-41)29-45(49)53-43-20-10-35-11-21-44(31-36(35)30-43)55-46(50)54-42-24-14-38(15-25-42)47(26-4-3-5-27-47)37-12-22-39(51-2)23-13-37/h6-25,30-31H,3-5,26-29H2,1-2H3. The first kappa shape index (κ1) is 36.9. The summed E-state index contributed by atoms with van der Waals surface area (Å²) in [4.78, 5) is 37.0. The van der Waals surface area contributed by atoms with E-state index in [1.807, 2.05) is 84.9 Å². The predicted octanol–water partition coefficient (Wildman–Crippen LogP) is 10.7. The molecular weight excluding hydrogens is 693 g/mol. The highest BCUT2D eigenvalue weighted by Gasteiger charge is 2.35. The fraction of sp³-hybridized carbons (Fsp3) is 0.213. The Balaban J connectivity index is 0.939. The summed E-state index contributed by atoms with van der Waals surface area (Å²) in [7, 11) is 1.67. The molecule has 0 aromatic heterocycles. The molecule has 8 nitrogen and oxygen atoms in total. The van der Waals surface area contributed by atoms with Gasteiger partial charge in [-0.2, -0.15) is 0 Å². The summed E-state index contributed by atoms with van der Waals surface area (Å²) in [6.07, 6.45) is 5.24. The zero-order valence-corrected chi connectivity index (χ0v) is 30.9. The minimum absolute atomic E-state index is 0.0660. The van der Waals surface area contributed by atoms with Crippen LogP contribution in [-0.4, -0.2) is 25.0 Å². The van der Waals surface area contributed by atoms with Crippen molar-refractivity contribution in [2.45, 2.75) is 57.3 Å². The van der Waals surface area contributed by atoms with Crippen LogP contribution in [0.4, 0.5) is 4.79 Å². The number of fused-ring (bicyclic) bond motifs is 1. The molecule has 0 radical (unpaired) electrons. The topological polar surface area (TPSA) is 97.4 Å². The summed E-state index contributed by atoms with van der Waals surface area (Å²) in [5, 5.41) is 1.61. The molecule has 0 saturated heterocycles. The normalized spacial score (nSPS) is 13.4. The Hall–Kier alpha value is -6.41. The largest absolute Gasteiger partial charge is 0.519 e. The van der Waals surface area contributed by atoms with E-state index in [9.17, 15) is 14.4 Å². The quantitative estimate of drug-likeness (QED) is 0.0696. The molecule has 55 heavy (non-hydrogen) atoms. The van der Waals surface area contributed by atoms with Crippen molar-refractivity contribution in [1.29, 1.82) is 0 Å². The monoisotopic (exact) mass is 734 g/mol.